The van der Waals surface area contributed by atoms with Gasteiger partial charge in [-0.05, 0) is 35.6 Å². The molecule has 172 valence electrons. The summed E-state index contributed by atoms with van der Waals surface area (Å²) >= 11 is 0. The van der Waals surface area contributed by atoms with Gasteiger partial charge in [-0.3, -0.25) is 10.1 Å². The van der Waals surface area contributed by atoms with Crippen LogP contribution in [0.25, 0.3) is 5.57 Å². The molecule has 32 heavy (non-hydrogen) atoms. The van der Waals surface area contributed by atoms with E-state index in [1.807, 2.05) is 37.3 Å². The molecule has 2 aromatic carbocycles. The molecule has 3 rings (SSSR count). The number of sulfonamides is 1. The van der Waals surface area contributed by atoms with Gasteiger partial charge in [-0.15, -0.1) is 0 Å². The predicted molar refractivity (Wildman–Crippen MR) is 128 cm³/mol. The van der Waals surface area contributed by atoms with Crippen LogP contribution in [0.3, 0.4) is 0 Å². The quantitative estimate of drug-likeness (QED) is 0.248. The molecule has 0 saturated heterocycles. The Hall–Kier alpha value is -2.51. The first-order valence-corrected chi connectivity index (χ1v) is 12.8. The Morgan fingerprint density at radius 3 is 2.28 bits per heavy atom. The van der Waals surface area contributed by atoms with Gasteiger partial charge < -0.3 is 0 Å². The number of nitrogens with zero attached hydrogens (tertiary/aromatic N) is 2. The number of benzene rings is 2. The highest BCUT2D eigenvalue weighted by atomic mass is 32.2. The summed E-state index contributed by atoms with van der Waals surface area (Å²) in [5, 5.41) is 11.0. The first-order valence-electron chi connectivity index (χ1n) is 11.4. The van der Waals surface area contributed by atoms with Gasteiger partial charge in [0.05, 0.1) is 15.9 Å². The van der Waals surface area contributed by atoms with Gasteiger partial charge >= 0.3 is 0 Å². The maximum atomic E-state index is 13.7. The molecule has 6 nitrogen and oxygen atoms in total. The van der Waals surface area contributed by atoms with Gasteiger partial charge in [0.1, 0.15) is 0 Å². The summed E-state index contributed by atoms with van der Waals surface area (Å²) in [6.07, 6.45) is 8.49. The lowest BCUT2D eigenvalue weighted by Crippen LogP contribution is -2.45. The highest BCUT2D eigenvalue weighted by Crippen LogP contribution is 2.36. The van der Waals surface area contributed by atoms with E-state index in [0.717, 1.165) is 43.2 Å². The molecule has 0 saturated carbocycles. The molecule has 1 heterocycles. The molecule has 1 aliphatic rings. The number of nitro benzene ring substituents is 1. The second-order valence-corrected chi connectivity index (χ2v) is 10.4. The van der Waals surface area contributed by atoms with Gasteiger partial charge in [-0.1, -0.05) is 82.4 Å². The van der Waals surface area contributed by atoms with Crippen LogP contribution in [0.5, 0.6) is 0 Å². The molecule has 0 bridgehead atoms. The average molecular weight is 457 g/mol. The highest BCUT2D eigenvalue weighted by molar-refractivity contribution is 7.89. The molecule has 1 aliphatic heterocycles. The Morgan fingerprint density at radius 2 is 1.66 bits per heavy atom. The van der Waals surface area contributed by atoms with Crippen molar-refractivity contribution in [2.45, 2.75) is 63.3 Å². The number of non-ortho nitro benzene ring substituents is 1. The van der Waals surface area contributed by atoms with Gasteiger partial charge in [-0.2, -0.15) is 4.31 Å². The van der Waals surface area contributed by atoms with Gasteiger partial charge in [0, 0.05) is 18.7 Å². The standard InChI is InChI=1S/C25H32N2O4S/c1-3-4-5-6-10-13-25-24(21-11-8-7-9-12-21)18-20(2)19-26(25)32(30,31)23-16-14-22(15-17-23)27(28)29/h7-9,11-12,14-18,20,25H,3-6,10,13,19H2,1-2H3/t20-,25+/m1/s1. The van der Waals surface area contributed by atoms with E-state index in [-0.39, 0.29) is 22.5 Å². The zero-order chi connectivity index (χ0) is 23.1. The fourth-order valence-corrected chi connectivity index (χ4v) is 6.07. The van der Waals surface area contributed by atoms with Crippen LogP contribution in [0.2, 0.25) is 0 Å². The molecule has 0 fully saturated rings. The number of nitro groups is 1. The first kappa shape index (κ1) is 24.1. The summed E-state index contributed by atoms with van der Waals surface area (Å²) in [4.78, 5) is 10.6. The van der Waals surface area contributed by atoms with E-state index in [1.54, 1.807) is 4.31 Å². The van der Waals surface area contributed by atoms with Gasteiger partial charge in [0.25, 0.3) is 5.69 Å². The van der Waals surface area contributed by atoms with Crippen molar-refractivity contribution in [3.63, 3.8) is 0 Å². The van der Waals surface area contributed by atoms with Crippen LogP contribution in [0.1, 0.15) is 57.9 Å². The fraction of sp³-hybridized carbons (Fsp3) is 0.440. The Labute approximate surface area is 191 Å². The summed E-state index contributed by atoms with van der Waals surface area (Å²) in [5.74, 6) is 0.0642. The fourth-order valence-electron chi connectivity index (χ4n) is 4.34. The molecule has 0 aromatic heterocycles. The van der Waals surface area contributed by atoms with Crippen molar-refractivity contribution in [1.82, 2.24) is 4.31 Å². The number of hydrogen-bond acceptors (Lipinski definition) is 4. The molecule has 0 spiro atoms. The van der Waals surface area contributed by atoms with Crippen molar-refractivity contribution >= 4 is 21.3 Å². The second kappa shape index (κ2) is 10.9. The third kappa shape index (κ3) is 5.64. The third-order valence-electron chi connectivity index (χ3n) is 5.98. The summed E-state index contributed by atoms with van der Waals surface area (Å²) in [5.41, 5.74) is 1.97. The van der Waals surface area contributed by atoms with Gasteiger partial charge in [0.2, 0.25) is 10.0 Å². The van der Waals surface area contributed by atoms with Crippen LogP contribution in [0.4, 0.5) is 5.69 Å². The zero-order valence-corrected chi connectivity index (χ0v) is 19.6. The molecular formula is C25H32N2O4S. The van der Waals surface area contributed by atoms with Crippen LogP contribution in [-0.2, 0) is 10.0 Å². The molecule has 7 heteroatoms. The van der Waals surface area contributed by atoms with Crippen molar-refractivity contribution in [2.24, 2.45) is 5.92 Å². The Kier molecular flexibility index (Phi) is 8.21. The molecule has 0 aliphatic carbocycles. The summed E-state index contributed by atoms with van der Waals surface area (Å²) < 4.78 is 28.9. The minimum atomic E-state index is -3.80. The SMILES string of the molecule is CCCCCCC[C@H]1C(c2ccccc2)=C[C@@H](C)CN1S(=O)(=O)c1ccc([N+](=O)[O-])cc1. The predicted octanol–water partition coefficient (Wildman–Crippen LogP) is 6.05. The minimum absolute atomic E-state index is 0.0642. The first-order chi connectivity index (χ1) is 15.3. The molecule has 0 N–H and O–H groups in total. The van der Waals surface area contributed by atoms with E-state index in [9.17, 15) is 18.5 Å². The zero-order valence-electron chi connectivity index (χ0n) is 18.8. The molecule has 0 unspecified atom stereocenters. The maximum absolute atomic E-state index is 13.7. The van der Waals surface area contributed by atoms with E-state index in [4.69, 9.17) is 0 Å². The molecular weight excluding hydrogens is 424 g/mol. The van der Waals surface area contributed by atoms with Crippen LogP contribution < -0.4 is 0 Å². The molecule has 0 radical (unpaired) electrons. The van der Waals surface area contributed by atoms with E-state index in [2.05, 4.69) is 13.0 Å². The van der Waals surface area contributed by atoms with E-state index < -0.39 is 14.9 Å². The lowest BCUT2D eigenvalue weighted by molar-refractivity contribution is -0.384. The smallest absolute Gasteiger partial charge is 0.258 e. The van der Waals surface area contributed by atoms with Crippen molar-refractivity contribution in [3.05, 3.63) is 76.4 Å². The highest BCUT2D eigenvalue weighted by Gasteiger charge is 2.37. The van der Waals surface area contributed by atoms with Crippen LogP contribution in [0, 0.1) is 16.0 Å². The van der Waals surface area contributed by atoms with Gasteiger partial charge in [0.15, 0.2) is 0 Å². The normalized spacial score (nSPS) is 19.5. The lowest BCUT2D eigenvalue weighted by atomic mass is 9.88. The van der Waals surface area contributed by atoms with Crippen LogP contribution in [-0.4, -0.2) is 30.2 Å². The summed E-state index contributed by atoms with van der Waals surface area (Å²) in [6.45, 7) is 4.60. The van der Waals surface area contributed by atoms with E-state index >= 15 is 0 Å². The summed E-state index contributed by atoms with van der Waals surface area (Å²) in [7, 11) is -3.80. The minimum Gasteiger partial charge on any atom is -0.258 e. The topological polar surface area (TPSA) is 80.5 Å². The lowest BCUT2D eigenvalue weighted by Gasteiger charge is -2.38. The monoisotopic (exact) mass is 456 g/mol. The van der Waals surface area contributed by atoms with E-state index in [1.165, 1.54) is 30.7 Å². The van der Waals surface area contributed by atoms with Crippen LogP contribution in [0.15, 0.2) is 65.6 Å². The number of unbranched alkanes of at least 4 members (excludes halogenated alkanes) is 4. The second-order valence-electron chi connectivity index (χ2n) is 8.51. The number of hydrogen-bond donors (Lipinski definition) is 0. The molecule has 2 aromatic rings. The largest absolute Gasteiger partial charge is 0.269 e. The Bertz CT molecular complexity index is 1030. The van der Waals surface area contributed by atoms with Crippen molar-refractivity contribution in [2.75, 3.05) is 6.54 Å². The van der Waals surface area contributed by atoms with E-state index in [0.29, 0.717) is 6.54 Å². The third-order valence-corrected chi connectivity index (χ3v) is 7.87. The van der Waals surface area contributed by atoms with Crippen molar-refractivity contribution < 1.29 is 13.3 Å². The maximum Gasteiger partial charge on any atom is 0.269 e. The molecule has 0 amide bonds. The molecule has 2 atom stereocenters. The van der Waals surface area contributed by atoms with Crippen LogP contribution >= 0.6 is 0 Å². The average Bonchev–Trinajstić information content (AvgIpc) is 2.80. The number of rotatable bonds is 10. The van der Waals surface area contributed by atoms with Gasteiger partial charge in [-0.25, -0.2) is 8.42 Å². The Balaban J connectivity index is 1.95. The van der Waals surface area contributed by atoms with Crippen molar-refractivity contribution in [3.8, 4) is 0 Å². The summed E-state index contributed by atoms with van der Waals surface area (Å²) in [6, 6.07) is 14.9. The van der Waals surface area contributed by atoms with Crippen molar-refractivity contribution in [1.29, 1.82) is 0 Å². The Morgan fingerprint density at radius 1 is 1.00 bits per heavy atom.